The maximum atomic E-state index is 11.6. The normalized spacial score (nSPS) is 27.1. The van der Waals surface area contributed by atoms with Crippen molar-refractivity contribution in [3.8, 4) is 0 Å². The van der Waals surface area contributed by atoms with Crippen molar-refractivity contribution in [2.24, 2.45) is 5.92 Å². The fourth-order valence-corrected chi connectivity index (χ4v) is 2.35. The number of carbonyl (C=O) groups excluding carboxylic acids is 1. The van der Waals surface area contributed by atoms with Gasteiger partial charge in [-0.3, -0.25) is 4.79 Å². The predicted octanol–water partition coefficient (Wildman–Crippen LogP) is 3.09. The Hall–Kier alpha value is -0.240. The van der Waals surface area contributed by atoms with E-state index in [9.17, 15) is 4.79 Å². The largest absolute Gasteiger partial charge is 0.353 e. The van der Waals surface area contributed by atoms with Crippen molar-refractivity contribution >= 4 is 17.5 Å². The van der Waals surface area contributed by atoms with E-state index in [0.717, 1.165) is 12.8 Å². The molecule has 1 saturated carbocycles. The highest BCUT2D eigenvalue weighted by Gasteiger charge is 2.20. The highest BCUT2D eigenvalue weighted by Crippen LogP contribution is 2.22. The number of halogens is 1. The van der Waals surface area contributed by atoms with Gasteiger partial charge in [0.15, 0.2) is 0 Å². The smallest absolute Gasteiger partial charge is 0.220 e. The van der Waals surface area contributed by atoms with Crippen molar-refractivity contribution in [1.29, 1.82) is 0 Å². The molecule has 0 bridgehead atoms. The Morgan fingerprint density at radius 1 is 1.33 bits per heavy atom. The fourth-order valence-electron chi connectivity index (χ4n) is 2.21. The molecule has 2 atom stereocenters. The molecule has 0 radical (unpaired) electrons. The predicted molar refractivity (Wildman–Crippen MR) is 64.1 cm³/mol. The molecule has 1 aliphatic carbocycles. The van der Waals surface area contributed by atoms with E-state index in [4.69, 9.17) is 11.6 Å². The van der Waals surface area contributed by atoms with Crippen LogP contribution in [-0.2, 0) is 4.79 Å². The third kappa shape index (κ3) is 4.87. The molecule has 2 unspecified atom stereocenters. The lowest BCUT2D eigenvalue weighted by Gasteiger charge is -2.22. The summed E-state index contributed by atoms with van der Waals surface area (Å²) in [6.45, 7) is 2.25. The van der Waals surface area contributed by atoms with Gasteiger partial charge in [-0.2, -0.15) is 0 Å². The average Bonchev–Trinajstić information content (AvgIpc) is 2.42. The maximum absolute atomic E-state index is 11.6. The Balaban J connectivity index is 2.30. The summed E-state index contributed by atoms with van der Waals surface area (Å²) in [5.74, 6) is 1.38. The van der Waals surface area contributed by atoms with Gasteiger partial charge in [0.2, 0.25) is 5.91 Å². The molecule has 0 heterocycles. The molecule has 0 aromatic rings. The standard InChI is InChI=1S/C12H22ClNO/c1-10-6-3-2-4-7-11(10)14-12(15)8-5-9-13/h10-11H,2-9H2,1H3,(H,14,15). The molecule has 1 rings (SSSR count). The van der Waals surface area contributed by atoms with E-state index < -0.39 is 0 Å². The van der Waals surface area contributed by atoms with Crippen LogP contribution in [0.4, 0.5) is 0 Å². The fraction of sp³-hybridized carbons (Fsp3) is 0.917. The highest BCUT2D eigenvalue weighted by molar-refractivity contribution is 6.17. The van der Waals surface area contributed by atoms with Crippen molar-refractivity contribution in [2.75, 3.05) is 5.88 Å². The molecule has 1 aliphatic rings. The zero-order chi connectivity index (χ0) is 11.1. The van der Waals surface area contributed by atoms with Crippen molar-refractivity contribution in [1.82, 2.24) is 5.32 Å². The van der Waals surface area contributed by atoms with Gasteiger partial charge >= 0.3 is 0 Å². The SMILES string of the molecule is CC1CCCCCC1NC(=O)CCCCl. The first-order chi connectivity index (χ1) is 7.24. The Morgan fingerprint density at radius 3 is 2.80 bits per heavy atom. The Bertz CT molecular complexity index is 196. The molecule has 0 aromatic carbocycles. The number of amides is 1. The van der Waals surface area contributed by atoms with E-state index in [1.807, 2.05) is 0 Å². The van der Waals surface area contributed by atoms with Crippen LogP contribution in [-0.4, -0.2) is 17.8 Å². The minimum Gasteiger partial charge on any atom is -0.353 e. The molecule has 0 aliphatic heterocycles. The Labute approximate surface area is 97.8 Å². The molecule has 15 heavy (non-hydrogen) atoms. The number of hydrogen-bond donors (Lipinski definition) is 1. The van der Waals surface area contributed by atoms with Gasteiger partial charge < -0.3 is 5.32 Å². The number of alkyl halides is 1. The van der Waals surface area contributed by atoms with E-state index in [1.54, 1.807) is 0 Å². The molecule has 0 spiro atoms. The van der Waals surface area contributed by atoms with Gasteiger partial charge in [-0.25, -0.2) is 0 Å². The first-order valence-corrected chi connectivity index (χ1v) is 6.63. The van der Waals surface area contributed by atoms with Crippen LogP contribution in [0.5, 0.6) is 0 Å². The minimum absolute atomic E-state index is 0.175. The zero-order valence-corrected chi connectivity index (χ0v) is 10.4. The van der Waals surface area contributed by atoms with Gasteiger partial charge in [0.05, 0.1) is 0 Å². The molecule has 0 aromatic heterocycles. The molecule has 1 amide bonds. The van der Waals surface area contributed by atoms with E-state index in [2.05, 4.69) is 12.2 Å². The number of nitrogens with one attached hydrogen (secondary N) is 1. The van der Waals surface area contributed by atoms with Crippen LogP contribution in [0.15, 0.2) is 0 Å². The van der Waals surface area contributed by atoms with Crippen LogP contribution in [0.1, 0.15) is 51.9 Å². The van der Waals surface area contributed by atoms with Crippen LogP contribution in [0, 0.1) is 5.92 Å². The zero-order valence-electron chi connectivity index (χ0n) is 9.60. The molecule has 1 N–H and O–H groups in total. The van der Waals surface area contributed by atoms with Gasteiger partial charge in [-0.1, -0.05) is 26.2 Å². The quantitative estimate of drug-likeness (QED) is 0.585. The van der Waals surface area contributed by atoms with E-state index in [-0.39, 0.29) is 5.91 Å². The molecule has 3 heteroatoms. The second-order valence-electron chi connectivity index (χ2n) is 4.58. The molecular weight excluding hydrogens is 210 g/mol. The maximum Gasteiger partial charge on any atom is 0.220 e. The second kappa shape index (κ2) is 7.10. The third-order valence-corrected chi connectivity index (χ3v) is 3.51. The van der Waals surface area contributed by atoms with Crippen molar-refractivity contribution in [3.63, 3.8) is 0 Å². The van der Waals surface area contributed by atoms with Crippen molar-refractivity contribution < 1.29 is 4.79 Å². The number of carbonyl (C=O) groups is 1. The molecule has 2 nitrogen and oxygen atoms in total. The summed E-state index contributed by atoms with van der Waals surface area (Å²) >= 11 is 5.56. The van der Waals surface area contributed by atoms with Crippen LogP contribution < -0.4 is 5.32 Å². The van der Waals surface area contributed by atoms with Crippen molar-refractivity contribution in [2.45, 2.75) is 57.9 Å². The molecule has 1 fully saturated rings. The molecular formula is C12H22ClNO. The summed E-state index contributed by atoms with van der Waals surface area (Å²) < 4.78 is 0. The van der Waals surface area contributed by atoms with Crippen LogP contribution >= 0.6 is 11.6 Å². The van der Waals surface area contributed by atoms with Gasteiger partial charge in [-0.05, 0) is 25.2 Å². The Kier molecular flexibility index (Phi) is 6.07. The minimum atomic E-state index is 0.175. The number of hydrogen-bond acceptors (Lipinski definition) is 1. The molecule has 0 saturated heterocycles. The summed E-state index contributed by atoms with van der Waals surface area (Å²) in [6, 6.07) is 0.398. The highest BCUT2D eigenvalue weighted by atomic mass is 35.5. The first-order valence-electron chi connectivity index (χ1n) is 6.09. The average molecular weight is 232 g/mol. The lowest BCUT2D eigenvalue weighted by Crippen LogP contribution is -2.38. The van der Waals surface area contributed by atoms with Gasteiger partial charge in [0.1, 0.15) is 0 Å². The summed E-state index contributed by atoms with van der Waals surface area (Å²) in [5, 5.41) is 3.15. The summed E-state index contributed by atoms with van der Waals surface area (Å²) in [6.07, 6.45) is 7.65. The second-order valence-corrected chi connectivity index (χ2v) is 4.96. The third-order valence-electron chi connectivity index (χ3n) is 3.25. The first kappa shape index (κ1) is 12.8. The van der Waals surface area contributed by atoms with Crippen LogP contribution in [0.2, 0.25) is 0 Å². The lowest BCUT2D eigenvalue weighted by atomic mass is 9.97. The van der Waals surface area contributed by atoms with Crippen LogP contribution in [0.25, 0.3) is 0 Å². The molecule has 88 valence electrons. The lowest BCUT2D eigenvalue weighted by molar-refractivity contribution is -0.122. The van der Waals surface area contributed by atoms with Crippen molar-refractivity contribution in [3.05, 3.63) is 0 Å². The van der Waals surface area contributed by atoms with E-state index in [1.165, 1.54) is 25.7 Å². The van der Waals surface area contributed by atoms with Gasteiger partial charge in [0.25, 0.3) is 0 Å². The Morgan fingerprint density at radius 2 is 2.07 bits per heavy atom. The van der Waals surface area contributed by atoms with Gasteiger partial charge in [-0.15, -0.1) is 11.6 Å². The number of rotatable bonds is 4. The summed E-state index contributed by atoms with van der Waals surface area (Å²) in [5.41, 5.74) is 0. The van der Waals surface area contributed by atoms with E-state index >= 15 is 0 Å². The van der Waals surface area contributed by atoms with Crippen LogP contribution in [0.3, 0.4) is 0 Å². The van der Waals surface area contributed by atoms with Gasteiger partial charge in [0, 0.05) is 18.3 Å². The summed E-state index contributed by atoms with van der Waals surface area (Å²) in [4.78, 5) is 11.6. The summed E-state index contributed by atoms with van der Waals surface area (Å²) in [7, 11) is 0. The van der Waals surface area contributed by atoms with E-state index in [0.29, 0.717) is 24.3 Å². The monoisotopic (exact) mass is 231 g/mol. The topological polar surface area (TPSA) is 29.1 Å².